The molecule has 3 aromatic rings. The van der Waals surface area contributed by atoms with Gasteiger partial charge in [-0.1, -0.05) is 42.0 Å². The summed E-state index contributed by atoms with van der Waals surface area (Å²) in [6.07, 6.45) is 0. The number of hydroxylamine groups is 1. The van der Waals surface area contributed by atoms with E-state index in [0.717, 1.165) is 22.1 Å². The molecule has 0 aliphatic heterocycles. The van der Waals surface area contributed by atoms with Crippen LogP contribution >= 0.6 is 0 Å². The predicted octanol–water partition coefficient (Wildman–Crippen LogP) is 5.19. The van der Waals surface area contributed by atoms with Gasteiger partial charge in [-0.15, -0.1) is 0 Å². The highest BCUT2D eigenvalue weighted by Gasteiger charge is 2.06. The van der Waals surface area contributed by atoms with Gasteiger partial charge >= 0.3 is 0 Å². The second kappa shape index (κ2) is 7.73. The number of benzene rings is 3. The van der Waals surface area contributed by atoms with E-state index < -0.39 is 0 Å². The van der Waals surface area contributed by atoms with Gasteiger partial charge in [-0.25, -0.2) is 0 Å². The molecule has 0 atom stereocenters. The van der Waals surface area contributed by atoms with Crippen LogP contribution in [-0.4, -0.2) is 12.3 Å². The van der Waals surface area contributed by atoms with Crippen molar-refractivity contribution in [3.8, 4) is 17.2 Å². The monoisotopic (exact) mass is 335 g/mol. The van der Waals surface area contributed by atoms with E-state index in [4.69, 9.17) is 9.47 Å². The molecule has 0 spiro atoms. The molecule has 0 bridgehead atoms. The van der Waals surface area contributed by atoms with Gasteiger partial charge in [0.05, 0.1) is 5.69 Å². The van der Waals surface area contributed by atoms with Crippen LogP contribution in [0.4, 0.5) is 5.69 Å². The molecular formula is C21H21NO3. The third kappa shape index (κ3) is 4.52. The number of anilines is 1. The zero-order valence-corrected chi connectivity index (χ0v) is 14.3. The van der Waals surface area contributed by atoms with E-state index in [0.29, 0.717) is 18.1 Å². The Balaban J connectivity index is 1.69. The molecule has 0 heterocycles. The summed E-state index contributed by atoms with van der Waals surface area (Å²) in [6, 6.07) is 23.0. The molecule has 0 unspecified atom stereocenters. The van der Waals surface area contributed by atoms with E-state index in [2.05, 4.69) is 0 Å². The molecule has 4 nitrogen and oxygen atoms in total. The lowest BCUT2D eigenvalue weighted by Crippen LogP contribution is -2.13. The molecule has 3 aromatic carbocycles. The largest absolute Gasteiger partial charge is 0.489 e. The number of rotatable bonds is 6. The quantitative estimate of drug-likeness (QED) is 0.629. The van der Waals surface area contributed by atoms with Crippen LogP contribution in [0.3, 0.4) is 0 Å². The number of para-hydroxylation sites is 1. The fourth-order valence-electron chi connectivity index (χ4n) is 2.48. The van der Waals surface area contributed by atoms with Crippen molar-refractivity contribution in [2.24, 2.45) is 0 Å². The molecule has 0 saturated carbocycles. The average molecular weight is 335 g/mol. The Morgan fingerprint density at radius 1 is 0.840 bits per heavy atom. The first-order valence-corrected chi connectivity index (χ1v) is 8.10. The van der Waals surface area contributed by atoms with Gasteiger partial charge in [0.1, 0.15) is 23.9 Å². The van der Waals surface area contributed by atoms with Gasteiger partial charge in [0.25, 0.3) is 0 Å². The lowest BCUT2D eigenvalue weighted by Gasteiger charge is -2.16. The maximum atomic E-state index is 9.69. The van der Waals surface area contributed by atoms with E-state index >= 15 is 0 Å². The molecule has 4 heteroatoms. The van der Waals surface area contributed by atoms with Crippen LogP contribution < -0.4 is 14.5 Å². The Hall–Kier alpha value is -2.98. The number of nitrogens with zero attached hydrogens (tertiary/aromatic N) is 1. The first-order valence-electron chi connectivity index (χ1n) is 8.10. The highest BCUT2D eigenvalue weighted by molar-refractivity contribution is 5.50. The zero-order valence-electron chi connectivity index (χ0n) is 14.3. The van der Waals surface area contributed by atoms with Gasteiger partial charge in [-0.05, 0) is 37.3 Å². The molecule has 128 valence electrons. The van der Waals surface area contributed by atoms with Crippen molar-refractivity contribution in [3.63, 3.8) is 0 Å². The third-order valence-electron chi connectivity index (χ3n) is 3.80. The molecule has 3 rings (SSSR count). The standard InChI is InChI=1S/C21H21NO3/c1-16-10-12-18(13-11-16)25-20-8-5-7-19(14-20)24-15-17-6-3-4-9-21(17)22(2)23/h3-14,23H,15H2,1-2H3. The third-order valence-corrected chi connectivity index (χ3v) is 3.80. The molecule has 0 aliphatic rings. The van der Waals surface area contributed by atoms with Crippen molar-refractivity contribution in [1.82, 2.24) is 0 Å². The van der Waals surface area contributed by atoms with E-state index in [1.165, 1.54) is 5.56 Å². The van der Waals surface area contributed by atoms with Crippen molar-refractivity contribution in [3.05, 3.63) is 83.9 Å². The summed E-state index contributed by atoms with van der Waals surface area (Å²) in [7, 11) is 1.59. The second-order valence-corrected chi connectivity index (χ2v) is 5.83. The molecule has 0 fully saturated rings. The highest BCUT2D eigenvalue weighted by Crippen LogP contribution is 2.27. The zero-order chi connectivity index (χ0) is 17.6. The molecule has 1 N–H and O–H groups in total. The first kappa shape index (κ1) is 16.9. The SMILES string of the molecule is Cc1ccc(Oc2cccc(OCc3ccccc3N(C)O)c2)cc1. The number of hydrogen-bond donors (Lipinski definition) is 1. The summed E-state index contributed by atoms with van der Waals surface area (Å²) in [5.41, 5.74) is 2.81. The minimum atomic E-state index is 0.356. The number of hydrogen-bond acceptors (Lipinski definition) is 4. The minimum Gasteiger partial charge on any atom is -0.489 e. The Morgan fingerprint density at radius 3 is 2.32 bits per heavy atom. The lowest BCUT2D eigenvalue weighted by atomic mass is 10.2. The van der Waals surface area contributed by atoms with Crippen LogP contribution in [-0.2, 0) is 6.61 Å². The summed E-state index contributed by atoms with van der Waals surface area (Å²) in [5, 5.41) is 10.8. The highest BCUT2D eigenvalue weighted by atomic mass is 16.5. The Kier molecular flexibility index (Phi) is 5.21. The molecule has 0 aliphatic carbocycles. The Morgan fingerprint density at radius 2 is 1.56 bits per heavy atom. The van der Waals surface area contributed by atoms with E-state index in [-0.39, 0.29) is 0 Å². The van der Waals surface area contributed by atoms with Gasteiger partial charge in [-0.2, -0.15) is 0 Å². The molecule has 0 saturated heterocycles. The normalized spacial score (nSPS) is 10.4. The van der Waals surface area contributed by atoms with Crippen LogP contribution in [0.2, 0.25) is 0 Å². The molecule has 25 heavy (non-hydrogen) atoms. The fraction of sp³-hybridized carbons (Fsp3) is 0.143. The van der Waals surface area contributed by atoms with Crippen molar-refractivity contribution < 1.29 is 14.7 Å². The van der Waals surface area contributed by atoms with Gasteiger partial charge in [0.15, 0.2) is 0 Å². The van der Waals surface area contributed by atoms with E-state index in [9.17, 15) is 5.21 Å². The van der Waals surface area contributed by atoms with Crippen molar-refractivity contribution in [1.29, 1.82) is 0 Å². The van der Waals surface area contributed by atoms with Crippen molar-refractivity contribution >= 4 is 5.69 Å². The minimum absolute atomic E-state index is 0.356. The molecule has 0 aromatic heterocycles. The number of ether oxygens (including phenoxy) is 2. The van der Waals surface area contributed by atoms with Crippen molar-refractivity contribution in [2.45, 2.75) is 13.5 Å². The summed E-state index contributed by atoms with van der Waals surface area (Å²) in [4.78, 5) is 0. The smallest absolute Gasteiger partial charge is 0.131 e. The summed E-state index contributed by atoms with van der Waals surface area (Å²) < 4.78 is 11.7. The van der Waals surface area contributed by atoms with Crippen LogP contribution in [0.25, 0.3) is 0 Å². The van der Waals surface area contributed by atoms with Crippen molar-refractivity contribution in [2.75, 3.05) is 12.1 Å². The van der Waals surface area contributed by atoms with Crippen LogP contribution in [0.5, 0.6) is 17.2 Å². The van der Waals surface area contributed by atoms with Gasteiger partial charge in [-0.3, -0.25) is 10.3 Å². The Labute approximate surface area is 147 Å². The second-order valence-electron chi connectivity index (χ2n) is 5.83. The maximum absolute atomic E-state index is 9.69. The molecule has 0 amide bonds. The lowest BCUT2D eigenvalue weighted by molar-refractivity contribution is 0.270. The predicted molar refractivity (Wildman–Crippen MR) is 98.7 cm³/mol. The topological polar surface area (TPSA) is 41.9 Å². The first-order chi connectivity index (χ1) is 12.1. The molecular weight excluding hydrogens is 314 g/mol. The van der Waals surface area contributed by atoms with Gasteiger partial charge in [0, 0.05) is 18.7 Å². The maximum Gasteiger partial charge on any atom is 0.131 e. The number of aryl methyl sites for hydroxylation is 1. The summed E-state index contributed by atoms with van der Waals surface area (Å²) >= 11 is 0. The van der Waals surface area contributed by atoms with Crippen LogP contribution in [0.15, 0.2) is 72.8 Å². The van der Waals surface area contributed by atoms with Crippen LogP contribution in [0.1, 0.15) is 11.1 Å². The Bertz CT molecular complexity index is 829. The van der Waals surface area contributed by atoms with Crippen LogP contribution in [0, 0.1) is 6.92 Å². The molecule has 0 radical (unpaired) electrons. The van der Waals surface area contributed by atoms with E-state index in [1.807, 2.05) is 79.7 Å². The van der Waals surface area contributed by atoms with E-state index in [1.54, 1.807) is 7.05 Å². The average Bonchev–Trinajstić information content (AvgIpc) is 2.62. The fourth-order valence-corrected chi connectivity index (χ4v) is 2.48. The van der Waals surface area contributed by atoms with Gasteiger partial charge < -0.3 is 9.47 Å². The van der Waals surface area contributed by atoms with Gasteiger partial charge in [0.2, 0.25) is 0 Å². The summed E-state index contributed by atoms with van der Waals surface area (Å²) in [5.74, 6) is 2.21. The summed E-state index contributed by atoms with van der Waals surface area (Å²) in [6.45, 7) is 2.40.